The quantitative estimate of drug-likeness (QED) is 0.151. The molecule has 0 unspecified atom stereocenters. The summed E-state index contributed by atoms with van der Waals surface area (Å²) in [4.78, 5) is 0. The molecule has 0 aliphatic heterocycles. The number of para-hydroxylation sites is 2. The molecule has 0 N–H and O–H groups in total. The van der Waals surface area contributed by atoms with Crippen LogP contribution in [0.25, 0.3) is 128 Å². The summed E-state index contributed by atoms with van der Waals surface area (Å²) in [7, 11) is 1.69. The van der Waals surface area contributed by atoms with Crippen LogP contribution in [-0.4, -0.2) is 23.0 Å². The highest BCUT2D eigenvalue weighted by molar-refractivity contribution is 9.10. The molecule has 13 aromatic rings. The van der Waals surface area contributed by atoms with Crippen LogP contribution in [0.3, 0.4) is 0 Å². The van der Waals surface area contributed by atoms with Gasteiger partial charge in [0.05, 0.1) is 18.1 Å². The number of halogens is 1. The van der Waals surface area contributed by atoms with Gasteiger partial charge in [0.25, 0.3) is 0 Å². The van der Waals surface area contributed by atoms with Gasteiger partial charge in [0, 0.05) is 26.5 Å². The fourth-order valence-electron chi connectivity index (χ4n) is 15.5. The van der Waals surface area contributed by atoms with Gasteiger partial charge in [-0.15, -0.1) is 0 Å². The number of benzene rings is 12. The number of hydrogen-bond acceptors (Lipinski definition) is 1. The van der Waals surface area contributed by atoms with Crippen LogP contribution >= 0.6 is 23.9 Å². The lowest BCUT2D eigenvalue weighted by Crippen LogP contribution is -2.27. The Hall–Kier alpha value is -8.85. The molecule has 1 aromatic heterocycles. The Morgan fingerprint density at radius 3 is 1.10 bits per heavy atom. The Labute approximate surface area is 540 Å². The van der Waals surface area contributed by atoms with Gasteiger partial charge in [-0.05, 0) is 192 Å². The van der Waals surface area contributed by atoms with Crippen LogP contribution in [0.15, 0.2) is 277 Å². The first-order valence-electron chi connectivity index (χ1n) is 32.5. The highest BCUT2D eigenvalue weighted by Gasteiger charge is 2.34. The number of hydrogen-bond donors (Lipinski definition) is 0. The van der Waals surface area contributed by atoms with Crippen molar-refractivity contribution in [3.8, 4) is 112 Å². The van der Waals surface area contributed by atoms with Crippen molar-refractivity contribution in [1.29, 1.82) is 0 Å². The number of aryl methyl sites for hydroxylation is 1. The second kappa shape index (κ2) is 25.6. The molecule has 2 fully saturated rings. The maximum atomic E-state index is 5.81. The van der Waals surface area contributed by atoms with E-state index >= 15 is 0 Å². The minimum absolute atomic E-state index is 0.122. The number of methoxy groups -OCH3 is 1. The van der Waals surface area contributed by atoms with E-state index in [0.717, 1.165) is 21.5 Å². The lowest BCUT2D eigenvalue weighted by atomic mass is 9.81. The summed E-state index contributed by atoms with van der Waals surface area (Å²) in [6, 6.07) is 99.4. The van der Waals surface area contributed by atoms with Gasteiger partial charge < -0.3 is 9.30 Å². The van der Waals surface area contributed by atoms with Gasteiger partial charge in [-0.3, -0.25) is 0 Å². The molecular formula is C86H73BrNOP. The molecule has 12 aromatic carbocycles. The molecule has 0 bridgehead atoms. The summed E-state index contributed by atoms with van der Waals surface area (Å²) in [5.41, 5.74) is 30.0. The molecule has 90 heavy (non-hydrogen) atoms. The van der Waals surface area contributed by atoms with Gasteiger partial charge in [-0.1, -0.05) is 293 Å². The van der Waals surface area contributed by atoms with E-state index in [1.807, 2.05) is 7.11 Å². The third-order valence-electron chi connectivity index (χ3n) is 19.5. The van der Waals surface area contributed by atoms with E-state index in [2.05, 4.69) is 300 Å². The lowest BCUT2D eigenvalue weighted by molar-refractivity contribution is 0.416. The van der Waals surface area contributed by atoms with Crippen molar-refractivity contribution < 1.29 is 4.74 Å². The third kappa shape index (κ3) is 10.7. The molecule has 4 aliphatic carbocycles. The third-order valence-corrected chi connectivity index (χ3v) is 23.6. The smallest absolute Gasteiger partial charge is 0.126 e. The van der Waals surface area contributed by atoms with Crippen LogP contribution in [-0.2, 0) is 0 Å². The van der Waals surface area contributed by atoms with Crippen LogP contribution in [0.4, 0.5) is 0 Å². The van der Waals surface area contributed by atoms with E-state index in [1.165, 1.54) is 197 Å². The minimum atomic E-state index is -0.122. The largest absolute Gasteiger partial charge is 0.496 e. The molecule has 440 valence electrons. The molecule has 4 heteroatoms. The molecule has 2 nitrogen and oxygen atoms in total. The van der Waals surface area contributed by atoms with Crippen molar-refractivity contribution in [2.45, 2.75) is 82.4 Å². The number of fused-ring (bicyclic) bond motifs is 19. The minimum Gasteiger partial charge on any atom is -0.496 e. The predicted molar refractivity (Wildman–Crippen MR) is 389 cm³/mol. The van der Waals surface area contributed by atoms with Crippen LogP contribution < -0.4 is 10.0 Å². The molecule has 0 spiro atoms. The molecular weight excluding hydrogens is 1170 g/mol. The molecule has 1 heterocycles. The van der Waals surface area contributed by atoms with Crippen molar-refractivity contribution in [3.05, 3.63) is 283 Å². The van der Waals surface area contributed by atoms with Gasteiger partial charge >= 0.3 is 0 Å². The van der Waals surface area contributed by atoms with Gasteiger partial charge in [-0.25, -0.2) is 0 Å². The average molecular weight is 1250 g/mol. The van der Waals surface area contributed by atoms with Gasteiger partial charge in [0.2, 0.25) is 0 Å². The predicted octanol–water partition coefficient (Wildman–Crippen LogP) is 24.6. The van der Waals surface area contributed by atoms with Gasteiger partial charge in [-0.2, -0.15) is 0 Å². The van der Waals surface area contributed by atoms with E-state index in [0.29, 0.717) is 0 Å². The van der Waals surface area contributed by atoms with Crippen molar-refractivity contribution in [2.24, 2.45) is 0 Å². The molecule has 0 radical (unpaired) electrons. The first-order chi connectivity index (χ1) is 44.5. The zero-order valence-corrected chi connectivity index (χ0v) is 53.9. The van der Waals surface area contributed by atoms with Crippen molar-refractivity contribution in [3.63, 3.8) is 0 Å². The standard InChI is InChI=1S/C36H23N.C26H35OP.C24H15Br/c1-2-12-26-25(11-1)27-13-3-4-15-29(27)31-22-21-24(23-34(31)30-16-6-5-14-28(26)30)37-35-19-9-7-17-32(35)33-18-8-10-20-36(33)37;1-20-12-11-18-24(27-2)26(20)23-17-9-10-19-25(23)28(21-13-5-3-6-14-21)22-15-7-4-8-16-22;25-16-13-14-23-21-11-4-3-9-19(21)17-7-1-2-8-18(17)20-10-5-6-12-22(20)24(23)15-16/h1-23H;9-12,17-19,21-22H,3-8,13-16H2,1-2H3;1-15H. The Morgan fingerprint density at radius 1 is 0.333 bits per heavy atom. The van der Waals surface area contributed by atoms with Crippen LogP contribution in [0.2, 0.25) is 0 Å². The highest BCUT2D eigenvalue weighted by atomic mass is 79.9. The first-order valence-corrected chi connectivity index (χ1v) is 34.8. The normalized spacial score (nSPS) is 14.0. The van der Waals surface area contributed by atoms with Crippen LogP contribution in [0.5, 0.6) is 5.75 Å². The van der Waals surface area contributed by atoms with E-state index in [9.17, 15) is 0 Å². The molecule has 4 aliphatic rings. The monoisotopic (exact) mass is 1250 g/mol. The maximum absolute atomic E-state index is 5.81. The zero-order valence-electron chi connectivity index (χ0n) is 51.4. The summed E-state index contributed by atoms with van der Waals surface area (Å²) in [6.07, 6.45) is 14.4. The zero-order chi connectivity index (χ0) is 60.5. The van der Waals surface area contributed by atoms with Gasteiger partial charge in [0.1, 0.15) is 5.75 Å². The first kappa shape index (κ1) is 57.6. The molecule has 0 atom stereocenters. The van der Waals surface area contributed by atoms with Crippen molar-refractivity contribution in [1.82, 2.24) is 4.57 Å². The lowest BCUT2D eigenvalue weighted by Gasteiger charge is -2.39. The Kier molecular flexibility index (Phi) is 16.4. The summed E-state index contributed by atoms with van der Waals surface area (Å²) >= 11 is 3.66. The molecule has 17 rings (SSSR count). The van der Waals surface area contributed by atoms with Crippen molar-refractivity contribution in [2.75, 3.05) is 7.11 Å². The highest BCUT2D eigenvalue weighted by Crippen LogP contribution is 2.57. The fourth-order valence-corrected chi connectivity index (χ4v) is 19.8. The number of nitrogens with zero attached hydrogens (tertiary/aromatic N) is 1. The fraction of sp³-hybridized carbons (Fsp3) is 0.163. The van der Waals surface area contributed by atoms with Crippen LogP contribution in [0.1, 0.15) is 69.8 Å². The average Bonchev–Trinajstić information content (AvgIpc) is 1.43. The number of aromatic nitrogens is 1. The van der Waals surface area contributed by atoms with E-state index < -0.39 is 0 Å². The summed E-state index contributed by atoms with van der Waals surface area (Å²) in [5, 5.41) is 4.22. The van der Waals surface area contributed by atoms with Gasteiger partial charge in [0.15, 0.2) is 0 Å². The second-order valence-electron chi connectivity index (χ2n) is 24.7. The van der Waals surface area contributed by atoms with E-state index in [4.69, 9.17) is 4.74 Å². The summed E-state index contributed by atoms with van der Waals surface area (Å²) in [5.74, 6) is 1.02. The van der Waals surface area contributed by atoms with Crippen LogP contribution in [0, 0.1) is 6.92 Å². The summed E-state index contributed by atoms with van der Waals surface area (Å²) in [6.45, 7) is 2.23. The SMILES string of the molecule is Brc1ccc2c(c1)-c1ccccc1-c1ccccc1-c1ccccc1-2.COc1cccc(C)c1-c1ccccc1P(C1CCCCC1)C1CCCCC1.c1ccc2c(c1)-c1ccccc1-c1ccc(-n3c4ccccc4c4ccccc43)cc1-c1ccccc1-2. The molecule has 0 amide bonds. The number of rotatable bonds is 6. The Bertz CT molecular complexity index is 4700. The van der Waals surface area contributed by atoms with E-state index in [1.54, 1.807) is 5.30 Å². The number of ether oxygens (including phenoxy) is 1. The molecule has 2 saturated carbocycles. The Balaban J connectivity index is 0.000000115. The second-order valence-corrected chi connectivity index (χ2v) is 28.4. The van der Waals surface area contributed by atoms with Crippen molar-refractivity contribution >= 4 is 51.0 Å². The molecule has 0 saturated heterocycles. The summed E-state index contributed by atoms with van der Waals surface area (Å²) < 4.78 is 9.33. The maximum Gasteiger partial charge on any atom is 0.126 e. The topological polar surface area (TPSA) is 14.2 Å². The Morgan fingerprint density at radius 2 is 0.678 bits per heavy atom. The van der Waals surface area contributed by atoms with E-state index in [-0.39, 0.29) is 7.92 Å².